The number of rotatable bonds is 10. The van der Waals surface area contributed by atoms with E-state index in [-0.39, 0.29) is 29.0 Å². The summed E-state index contributed by atoms with van der Waals surface area (Å²) in [6.07, 6.45) is 18.0. The molecule has 2 aliphatic rings. The summed E-state index contributed by atoms with van der Waals surface area (Å²) in [6.45, 7) is 0. The van der Waals surface area contributed by atoms with E-state index in [9.17, 15) is 10.2 Å². The van der Waals surface area contributed by atoms with Crippen LogP contribution in [0, 0.1) is 0 Å². The molecule has 0 heterocycles. The van der Waals surface area contributed by atoms with Crippen LogP contribution in [0.2, 0.25) is 0 Å². The van der Waals surface area contributed by atoms with Crippen molar-refractivity contribution in [1.29, 1.82) is 0 Å². The first-order chi connectivity index (χ1) is 27.4. The molecular weight excluding hydrogens is 756 g/mol. The van der Waals surface area contributed by atoms with Crippen LogP contribution >= 0.6 is 0 Å². The summed E-state index contributed by atoms with van der Waals surface area (Å²) in [5.74, 6) is 1.89. The first kappa shape index (κ1) is 39.6. The van der Waals surface area contributed by atoms with Crippen LogP contribution in [-0.4, -0.2) is 36.9 Å². The molecule has 284 valence electrons. The van der Waals surface area contributed by atoms with Gasteiger partial charge in [-0.2, -0.15) is 0 Å². The standard InChI is InChI=1S/2C24H19NO3.Fe/c2*1-27-23-15-22(28-24(26)18-7-3-4-8-18)13-11-20(23)16-25-21-12-10-17-6-2-5-9-19(17)14-21;/h2*2-16,26H,1H3;. The largest absolute Gasteiger partial charge is 0.496 e. The molecule has 0 saturated heterocycles. The quantitative estimate of drug-likeness (QED) is 0.0813. The fourth-order valence-electron chi connectivity index (χ4n) is 5.90. The number of aliphatic hydroxyl groups is 2. The Morgan fingerprint density at radius 3 is 1.25 bits per heavy atom. The van der Waals surface area contributed by atoms with Gasteiger partial charge in [0.15, 0.2) is 0 Å². The van der Waals surface area contributed by atoms with Gasteiger partial charge in [-0.3, -0.25) is 9.98 Å². The van der Waals surface area contributed by atoms with Crippen LogP contribution < -0.4 is 18.9 Å². The minimum atomic E-state index is -0.148. The van der Waals surface area contributed by atoms with Crippen LogP contribution in [-0.2, 0) is 17.1 Å². The molecule has 0 aromatic heterocycles. The molecule has 9 heteroatoms. The zero-order valence-electron chi connectivity index (χ0n) is 31.1. The van der Waals surface area contributed by atoms with Crippen molar-refractivity contribution in [2.24, 2.45) is 9.98 Å². The minimum Gasteiger partial charge on any atom is -0.496 e. The normalized spacial score (nSPS) is 12.6. The van der Waals surface area contributed by atoms with Crippen molar-refractivity contribution in [2.45, 2.75) is 0 Å². The van der Waals surface area contributed by atoms with Crippen molar-refractivity contribution in [2.75, 3.05) is 14.2 Å². The molecule has 0 unspecified atom stereocenters. The van der Waals surface area contributed by atoms with Crippen molar-refractivity contribution >= 4 is 45.3 Å². The van der Waals surface area contributed by atoms with Gasteiger partial charge >= 0.3 is 0 Å². The van der Waals surface area contributed by atoms with E-state index in [0.29, 0.717) is 34.1 Å². The van der Waals surface area contributed by atoms with Crippen molar-refractivity contribution in [3.05, 3.63) is 204 Å². The van der Waals surface area contributed by atoms with Crippen molar-refractivity contribution in [3.63, 3.8) is 0 Å². The molecule has 0 aliphatic heterocycles. The average Bonchev–Trinajstić information content (AvgIpc) is 3.99. The second-order valence-corrected chi connectivity index (χ2v) is 12.5. The van der Waals surface area contributed by atoms with E-state index in [4.69, 9.17) is 18.9 Å². The third-order valence-corrected chi connectivity index (χ3v) is 8.83. The van der Waals surface area contributed by atoms with Crippen LogP contribution in [0.15, 0.2) is 203 Å². The Balaban J connectivity index is 0.000000189. The molecule has 0 amide bonds. The number of hydrogen-bond acceptors (Lipinski definition) is 8. The van der Waals surface area contributed by atoms with Gasteiger partial charge in [0, 0.05) is 52.8 Å². The number of aliphatic imine (C=N–C) groups is 2. The number of aliphatic hydroxyl groups excluding tert-OH is 2. The first-order valence-corrected chi connectivity index (χ1v) is 17.8. The van der Waals surface area contributed by atoms with E-state index >= 15 is 0 Å². The monoisotopic (exact) mass is 794 g/mol. The maximum absolute atomic E-state index is 10.1. The summed E-state index contributed by atoms with van der Waals surface area (Å²) in [6, 6.07) is 39.2. The molecule has 0 saturated carbocycles. The van der Waals surface area contributed by atoms with Gasteiger partial charge < -0.3 is 29.2 Å². The van der Waals surface area contributed by atoms with Crippen LogP contribution in [0.5, 0.6) is 23.0 Å². The topological polar surface area (TPSA) is 102 Å². The number of nitrogens with zero attached hydrogens (tertiary/aromatic N) is 2. The fraction of sp³-hybridized carbons (Fsp3) is 0.0417. The zero-order valence-corrected chi connectivity index (χ0v) is 32.2. The molecule has 0 spiro atoms. The number of methoxy groups -OCH3 is 2. The van der Waals surface area contributed by atoms with Crippen molar-refractivity contribution in [1.82, 2.24) is 0 Å². The molecule has 57 heavy (non-hydrogen) atoms. The molecule has 6 aromatic rings. The summed E-state index contributed by atoms with van der Waals surface area (Å²) in [4.78, 5) is 9.13. The fourth-order valence-corrected chi connectivity index (χ4v) is 5.90. The van der Waals surface area contributed by atoms with Gasteiger partial charge in [-0.1, -0.05) is 85.0 Å². The Morgan fingerprint density at radius 2 is 0.860 bits per heavy atom. The van der Waals surface area contributed by atoms with Crippen molar-refractivity contribution in [3.8, 4) is 23.0 Å². The molecule has 0 radical (unpaired) electrons. The Hall–Kier alpha value is -7.06. The smallest absolute Gasteiger partial charge is 0.289 e. The maximum Gasteiger partial charge on any atom is 0.289 e. The predicted molar refractivity (Wildman–Crippen MR) is 226 cm³/mol. The predicted octanol–water partition coefficient (Wildman–Crippen LogP) is 11.7. The van der Waals surface area contributed by atoms with Gasteiger partial charge in [-0.05, 0) is 94.4 Å². The van der Waals surface area contributed by atoms with E-state index in [1.54, 1.807) is 75.2 Å². The van der Waals surface area contributed by atoms with Gasteiger partial charge in [0.2, 0.25) is 0 Å². The summed E-state index contributed by atoms with van der Waals surface area (Å²) in [7, 11) is 3.18. The third-order valence-electron chi connectivity index (χ3n) is 8.83. The van der Waals surface area contributed by atoms with Crippen LogP contribution in [0.25, 0.3) is 21.5 Å². The Labute approximate surface area is 341 Å². The second kappa shape index (κ2) is 19.0. The van der Waals surface area contributed by atoms with E-state index in [1.165, 1.54) is 10.8 Å². The Kier molecular flexibility index (Phi) is 13.2. The molecule has 8 nitrogen and oxygen atoms in total. The van der Waals surface area contributed by atoms with E-state index < -0.39 is 0 Å². The van der Waals surface area contributed by atoms with Gasteiger partial charge in [0.1, 0.15) is 23.0 Å². The molecule has 0 bridgehead atoms. The molecule has 2 N–H and O–H groups in total. The second-order valence-electron chi connectivity index (χ2n) is 12.5. The molecular formula is C48H38FeN2O6. The average molecular weight is 795 g/mol. The van der Waals surface area contributed by atoms with Crippen LogP contribution in [0.3, 0.4) is 0 Å². The van der Waals surface area contributed by atoms with E-state index in [2.05, 4.69) is 46.4 Å². The van der Waals surface area contributed by atoms with Crippen molar-refractivity contribution < 1.29 is 46.2 Å². The number of allylic oxidation sites excluding steroid dienone is 10. The minimum absolute atomic E-state index is 0. The zero-order chi connectivity index (χ0) is 38.7. The van der Waals surface area contributed by atoms with E-state index in [0.717, 1.165) is 33.3 Å². The van der Waals surface area contributed by atoms with Crippen LogP contribution in [0.4, 0.5) is 11.4 Å². The molecule has 0 atom stereocenters. The summed E-state index contributed by atoms with van der Waals surface area (Å²) < 4.78 is 21.9. The van der Waals surface area contributed by atoms with Gasteiger partial charge in [-0.15, -0.1) is 0 Å². The number of benzene rings is 6. The van der Waals surface area contributed by atoms with Gasteiger partial charge in [0.05, 0.1) is 36.7 Å². The SMILES string of the molecule is COc1cc(OC(O)=C2C=CC=C2)ccc1C=Nc1ccc2ccccc2c1.COc1cc(OC(O)=C2C=CC=C2)ccc1C=Nc1ccc2ccccc2c1.[Fe]. The Bertz CT molecular complexity index is 2440. The molecule has 8 rings (SSSR count). The number of hydrogen-bond donors (Lipinski definition) is 2. The molecule has 0 fully saturated rings. The Morgan fingerprint density at radius 1 is 0.474 bits per heavy atom. The van der Waals surface area contributed by atoms with Gasteiger partial charge in [-0.25, -0.2) is 0 Å². The van der Waals surface area contributed by atoms with Crippen LogP contribution in [0.1, 0.15) is 11.1 Å². The summed E-state index contributed by atoms with van der Waals surface area (Å²) in [5, 5.41) is 24.8. The molecule has 2 aliphatic carbocycles. The number of fused-ring (bicyclic) bond motifs is 2. The van der Waals surface area contributed by atoms with E-state index in [1.807, 2.05) is 85.0 Å². The molecule has 6 aromatic carbocycles. The first-order valence-electron chi connectivity index (χ1n) is 17.8. The summed E-state index contributed by atoms with van der Waals surface area (Å²) >= 11 is 0. The third kappa shape index (κ3) is 10.2. The number of ether oxygens (including phenoxy) is 4. The van der Waals surface area contributed by atoms with Gasteiger partial charge in [0.25, 0.3) is 11.9 Å². The summed E-state index contributed by atoms with van der Waals surface area (Å²) in [5.41, 5.74) is 4.61. The maximum atomic E-state index is 10.1.